The van der Waals surface area contributed by atoms with Crippen LogP contribution in [-0.4, -0.2) is 24.6 Å². The minimum Gasteiger partial charge on any atom is -0.493 e. The number of rotatable bonds is 11. The fraction of sp³-hybridized carbons (Fsp3) is 0.308. The zero-order valence-corrected chi connectivity index (χ0v) is 18.8. The molecule has 168 valence electrons. The van der Waals surface area contributed by atoms with Gasteiger partial charge in [-0.15, -0.1) is 0 Å². The third-order valence-corrected chi connectivity index (χ3v) is 5.04. The Hall–Kier alpha value is -3.54. The number of ether oxygens (including phenoxy) is 3. The van der Waals surface area contributed by atoms with Crippen LogP contribution in [0.25, 0.3) is 0 Å². The van der Waals surface area contributed by atoms with E-state index in [0.29, 0.717) is 30.3 Å². The number of nitrogens with one attached hydrogen (secondary N) is 1. The average molecular weight is 435 g/mol. The highest BCUT2D eigenvalue weighted by Gasteiger charge is 2.14. The van der Waals surface area contributed by atoms with Crippen molar-refractivity contribution < 1.29 is 19.0 Å². The van der Waals surface area contributed by atoms with Crippen LogP contribution in [0.4, 0.5) is 0 Å². The Morgan fingerprint density at radius 3 is 2.56 bits per heavy atom. The van der Waals surface area contributed by atoms with E-state index in [-0.39, 0.29) is 11.9 Å². The zero-order chi connectivity index (χ0) is 22.8. The van der Waals surface area contributed by atoms with Crippen molar-refractivity contribution in [1.82, 2.24) is 10.3 Å². The van der Waals surface area contributed by atoms with Gasteiger partial charge in [-0.1, -0.05) is 31.5 Å². The van der Waals surface area contributed by atoms with Gasteiger partial charge < -0.3 is 19.5 Å². The van der Waals surface area contributed by atoms with Gasteiger partial charge >= 0.3 is 0 Å². The van der Waals surface area contributed by atoms with Gasteiger partial charge in [0.1, 0.15) is 12.4 Å². The van der Waals surface area contributed by atoms with Crippen LogP contribution < -0.4 is 19.5 Å². The summed E-state index contributed by atoms with van der Waals surface area (Å²) in [6.45, 7) is 5.14. The molecule has 0 saturated heterocycles. The molecule has 0 saturated carbocycles. The molecule has 1 unspecified atom stereocenters. The summed E-state index contributed by atoms with van der Waals surface area (Å²) in [4.78, 5) is 16.8. The van der Waals surface area contributed by atoms with Gasteiger partial charge in [0, 0.05) is 23.5 Å². The van der Waals surface area contributed by atoms with Crippen molar-refractivity contribution >= 4 is 5.91 Å². The van der Waals surface area contributed by atoms with E-state index in [2.05, 4.69) is 17.2 Å². The number of amides is 1. The maximum atomic E-state index is 12.8. The Morgan fingerprint density at radius 1 is 1.06 bits per heavy atom. The summed E-state index contributed by atoms with van der Waals surface area (Å²) in [7, 11) is 1.57. The summed E-state index contributed by atoms with van der Waals surface area (Å²) in [5.41, 5.74) is 2.51. The molecule has 32 heavy (non-hydrogen) atoms. The largest absolute Gasteiger partial charge is 0.493 e. The highest BCUT2D eigenvalue weighted by atomic mass is 16.5. The Morgan fingerprint density at radius 2 is 1.88 bits per heavy atom. The lowest BCUT2D eigenvalue weighted by Crippen LogP contribution is -2.26. The Bertz CT molecular complexity index is 990. The van der Waals surface area contributed by atoms with Crippen molar-refractivity contribution in [2.75, 3.05) is 13.7 Å². The molecule has 1 N–H and O–H groups in total. The first kappa shape index (κ1) is 23.1. The molecule has 1 heterocycles. The first-order chi connectivity index (χ1) is 15.6. The number of hydrogen-bond donors (Lipinski definition) is 1. The number of pyridine rings is 1. The average Bonchev–Trinajstić information content (AvgIpc) is 2.84. The number of unbranched alkanes of at least 4 members (excludes halogenated alkanes) is 1. The Labute approximate surface area is 189 Å². The van der Waals surface area contributed by atoms with E-state index in [1.807, 2.05) is 43.3 Å². The molecular formula is C26H30N2O4. The second-order valence-corrected chi connectivity index (χ2v) is 7.48. The van der Waals surface area contributed by atoms with Crippen LogP contribution in [0.2, 0.25) is 0 Å². The molecule has 1 aromatic heterocycles. The predicted octanol–water partition coefficient (Wildman–Crippen LogP) is 5.34. The summed E-state index contributed by atoms with van der Waals surface area (Å²) in [5, 5.41) is 3.03. The van der Waals surface area contributed by atoms with E-state index < -0.39 is 0 Å². The van der Waals surface area contributed by atoms with Crippen LogP contribution in [0.1, 0.15) is 54.2 Å². The molecule has 0 spiro atoms. The van der Waals surface area contributed by atoms with Crippen LogP contribution in [-0.2, 0) is 6.61 Å². The summed E-state index contributed by atoms with van der Waals surface area (Å²) in [6, 6.07) is 16.6. The first-order valence-electron chi connectivity index (χ1n) is 10.8. The van der Waals surface area contributed by atoms with Gasteiger partial charge in [-0.05, 0) is 55.3 Å². The summed E-state index contributed by atoms with van der Waals surface area (Å²) in [5.74, 6) is 1.79. The third-order valence-electron chi connectivity index (χ3n) is 5.04. The molecule has 0 bridgehead atoms. The molecular weight excluding hydrogens is 404 g/mol. The van der Waals surface area contributed by atoms with E-state index >= 15 is 0 Å². The Balaban J connectivity index is 1.57. The van der Waals surface area contributed by atoms with Gasteiger partial charge in [0.2, 0.25) is 0 Å². The molecule has 0 aliphatic carbocycles. The molecule has 1 amide bonds. The zero-order valence-electron chi connectivity index (χ0n) is 18.8. The van der Waals surface area contributed by atoms with Crippen molar-refractivity contribution in [3.63, 3.8) is 0 Å². The van der Waals surface area contributed by atoms with Gasteiger partial charge in [-0.3, -0.25) is 9.78 Å². The highest BCUT2D eigenvalue weighted by molar-refractivity contribution is 5.95. The topological polar surface area (TPSA) is 69.7 Å². The Kier molecular flexibility index (Phi) is 8.49. The lowest BCUT2D eigenvalue weighted by molar-refractivity contribution is 0.0939. The molecule has 1 atom stereocenters. The molecule has 6 heteroatoms. The number of aromatic nitrogens is 1. The van der Waals surface area contributed by atoms with E-state index in [4.69, 9.17) is 14.2 Å². The van der Waals surface area contributed by atoms with Crippen LogP contribution in [0, 0.1) is 0 Å². The van der Waals surface area contributed by atoms with E-state index in [0.717, 1.165) is 29.7 Å². The summed E-state index contributed by atoms with van der Waals surface area (Å²) < 4.78 is 16.9. The number of nitrogens with zero attached hydrogens (tertiary/aromatic N) is 1. The molecule has 3 aromatic rings. The van der Waals surface area contributed by atoms with Gasteiger partial charge in [0.05, 0.1) is 19.8 Å². The molecule has 0 fully saturated rings. The quantitative estimate of drug-likeness (QED) is 0.413. The van der Waals surface area contributed by atoms with Gasteiger partial charge in [0.25, 0.3) is 5.91 Å². The maximum absolute atomic E-state index is 12.8. The normalized spacial score (nSPS) is 11.5. The number of carbonyl (C=O) groups excluding carboxylic acids is 1. The minimum atomic E-state index is -0.173. The van der Waals surface area contributed by atoms with Crippen LogP contribution in [0.15, 0.2) is 67.0 Å². The molecule has 6 nitrogen and oxygen atoms in total. The number of benzene rings is 2. The lowest BCUT2D eigenvalue weighted by Gasteiger charge is -2.16. The van der Waals surface area contributed by atoms with Crippen LogP contribution >= 0.6 is 0 Å². The maximum Gasteiger partial charge on any atom is 0.251 e. The fourth-order valence-corrected chi connectivity index (χ4v) is 3.12. The fourth-order valence-electron chi connectivity index (χ4n) is 3.12. The standard InChI is InChI=1S/C26H30N2O4/c1-4-5-15-31-24-13-10-22(16-25(24)30-3)26(29)28-19(2)21-8-11-23(12-9-21)32-18-20-7-6-14-27-17-20/h6-14,16-17,19H,4-5,15,18H2,1-3H3,(H,28,29). The van der Waals surface area contributed by atoms with Crippen LogP contribution in [0.3, 0.4) is 0 Å². The van der Waals surface area contributed by atoms with E-state index in [1.54, 1.807) is 37.7 Å². The highest BCUT2D eigenvalue weighted by Crippen LogP contribution is 2.28. The monoisotopic (exact) mass is 434 g/mol. The van der Waals surface area contributed by atoms with Crippen molar-refractivity contribution in [3.8, 4) is 17.2 Å². The van der Waals surface area contributed by atoms with E-state index in [1.165, 1.54) is 0 Å². The molecule has 3 rings (SSSR count). The second-order valence-electron chi connectivity index (χ2n) is 7.48. The van der Waals surface area contributed by atoms with Gasteiger partial charge in [-0.25, -0.2) is 0 Å². The number of hydrogen-bond acceptors (Lipinski definition) is 5. The summed E-state index contributed by atoms with van der Waals surface area (Å²) in [6.07, 6.45) is 5.54. The first-order valence-corrected chi connectivity index (χ1v) is 10.8. The summed E-state index contributed by atoms with van der Waals surface area (Å²) >= 11 is 0. The van der Waals surface area contributed by atoms with Gasteiger partial charge in [0.15, 0.2) is 11.5 Å². The molecule has 2 aromatic carbocycles. The van der Waals surface area contributed by atoms with E-state index in [9.17, 15) is 4.79 Å². The SMILES string of the molecule is CCCCOc1ccc(C(=O)NC(C)c2ccc(OCc3cccnc3)cc2)cc1OC. The van der Waals surface area contributed by atoms with Crippen molar-refractivity contribution in [2.45, 2.75) is 39.3 Å². The third kappa shape index (κ3) is 6.48. The molecule has 0 radical (unpaired) electrons. The molecule has 0 aliphatic heterocycles. The van der Waals surface area contributed by atoms with Gasteiger partial charge in [-0.2, -0.15) is 0 Å². The van der Waals surface area contributed by atoms with Crippen molar-refractivity contribution in [2.24, 2.45) is 0 Å². The van der Waals surface area contributed by atoms with Crippen molar-refractivity contribution in [1.29, 1.82) is 0 Å². The number of carbonyl (C=O) groups is 1. The lowest BCUT2D eigenvalue weighted by atomic mass is 10.1. The predicted molar refractivity (Wildman–Crippen MR) is 124 cm³/mol. The smallest absolute Gasteiger partial charge is 0.251 e. The van der Waals surface area contributed by atoms with Crippen LogP contribution in [0.5, 0.6) is 17.2 Å². The molecule has 0 aliphatic rings. The minimum absolute atomic E-state index is 0.165. The van der Waals surface area contributed by atoms with Crippen molar-refractivity contribution in [3.05, 3.63) is 83.7 Å². The number of methoxy groups -OCH3 is 1. The second kappa shape index (κ2) is 11.7.